The van der Waals surface area contributed by atoms with Gasteiger partial charge in [0.2, 0.25) is 10.0 Å². The SMILES string of the molecule is Cc1c(Nc2c(C#N)cncc2-c2cc3cc(CN4CCN(S(C)(=O)=O)CC4)ccc3o2)ccc2[nH]ccc12. The third-order valence-electron chi connectivity index (χ3n) is 7.38. The van der Waals surface area contributed by atoms with Crippen LogP contribution in [0.15, 0.2) is 65.5 Å². The van der Waals surface area contributed by atoms with Crippen molar-refractivity contribution in [3.8, 4) is 17.4 Å². The predicted molar refractivity (Wildman–Crippen MR) is 152 cm³/mol. The molecule has 2 aromatic carbocycles. The van der Waals surface area contributed by atoms with Gasteiger partial charge in [-0.15, -0.1) is 0 Å². The number of aromatic amines is 1. The molecule has 1 aliphatic rings. The lowest BCUT2D eigenvalue weighted by molar-refractivity contribution is 0.182. The summed E-state index contributed by atoms with van der Waals surface area (Å²) < 4.78 is 31.4. The number of aromatic nitrogens is 2. The van der Waals surface area contributed by atoms with Gasteiger partial charge < -0.3 is 14.7 Å². The van der Waals surface area contributed by atoms with Crippen LogP contribution < -0.4 is 5.32 Å². The molecule has 5 aromatic rings. The number of fused-ring (bicyclic) bond motifs is 2. The second-order valence-corrected chi connectivity index (χ2v) is 11.9. The van der Waals surface area contributed by atoms with Crippen LogP contribution in [0.2, 0.25) is 0 Å². The fraction of sp³-hybridized carbons (Fsp3) is 0.241. The van der Waals surface area contributed by atoms with Crippen LogP contribution in [0, 0.1) is 18.3 Å². The number of benzene rings is 2. The molecule has 198 valence electrons. The Balaban J connectivity index is 1.29. The summed E-state index contributed by atoms with van der Waals surface area (Å²) >= 11 is 0. The molecule has 39 heavy (non-hydrogen) atoms. The number of nitrogens with one attached hydrogen (secondary N) is 2. The Labute approximate surface area is 226 Å². The number of nitriles is 1. The molecule has 6 rings (SSSR count). The average molecular weight is 541 g/mol. The summed E-state index contributed by atoms with van der Waals surface area (Å²) in [4.78, 5) is 9.80. The molecule has 0 unspecified atom stereocenters. The average Bonchev–Trinajstić information content (AvgIpc) is 3.57. The van der Waals surface area contributed by atoms with Crippen molar-refractivity contribution in [2.45, 2.75) is 13.5 Å². The Kier molecular flexibility index (Phi) is 6.35. The van der Waals surface area contributed by atoms with E-state index in [4.69, 9.17) is 4.42 Å². The van der Waals surface area contributed by atoms with Gasteiger partial charge in [-0.2, -0.15) is 9.57 Å². The largest absolute Gasteiger partial charge is 0.456 e. The zero-order chi connectivity index (χ0) is 27.1. The van der Waals surface area contributed by atoms with Crippen molar-refractivity contribution in [1.82, 2.24) is 19.2 Å². The Hall–Kier alpha value is -4.17. The fourth-order valence-corrected chi connectivity index (χ4v) is 6.05. The van der Waals surface area contributed by atoms with Gasteiger partial charge in [-0.1, -0.05) is 6.07 Å². The number of anilines is 2. The quantitative estimate of drug-likeness (QED) is 0.312. The highest BCUT2D eigenvalue weighted by Crippen LogP contribution is 2.37. The van der Waals surface area contributed by atoms with E-state index in [2.05, 4.69) is 39.2 Å². The Morgan fingerprint density at radius 2 is 1.92 bits per heavy atom. The van der Waals surface area contributed by atoms with Crippen molar-refractivity contribution in [3.63, 3.8) is 0 Å². The van der Waals surface area contributed by atoms with Crippen molar-refractivity contribution in [2.24, 2.45) is 0 Å². The fourth-order valence-electron chi connectivity index (χ4n) is 5.22. The maximum absolute atomic E-state index is 11.8. The van der Waals surface area contributed by atoms with Gasteiger partial charge >= 0.3 is 0 Å². The molecule has 1 saturated heterocycles. The number of H-pyrrole nitrogens is 1. The molecule has 1 fully saturated rings. The highest BCUT2D eigenvalue weighted by molar-refractivity contribution is 7.88. The second-order valence-electron chi connectivity index (χ2n) is 9.94. The van der Waals surface area contributed by atoms with Gasteiger partial charge in [0.25, 0.3) is 0 Å². The van der Waals surface area contributed by atoms with Crippen LogP contribution in [0.4, 0.5) is 11.4 Å². The number of furan rings is 1. The zero-order valence-electron chi connectivity index (χ0n) is 21.7. The monoisotopic (exact) mass is 540 g/mol. The van der Waals surface area contributed by atoms with E-state index < -0.39 is 10.0 Å². The topological polar surface area (TPSA) is 118 Å². The van der Waals surface area contributed by atoms with Crippen molar-refractivity contribution in [2.75, 3.05) is 37.8 Å². The third kappa shape index (κ3) is 4.88. The molecule has 10 heteroatoms. The number of rotatable bonds is 6. The molecule has 9 nitrogen and oxygen atoms in total. The summed E-state index contributed by atoms with van der Waals surface area (Å²) in [7, 11) is -3.15. The number of nitrogens with zero attached hydrogens (tertiary/aromatic N) is 4. The standard InChI is InChI=1S/C29H28N6O3S/c1-19-23-7-8-32-26(23)5-4-25(19)33-29-22(15-30)16-31-17-24(29)28-14-21-13-20(3-6-27(21)38-28)18-34-9-11-35(12-10-34)39(2,36)37/h3-8,13-14,16-17,32H,9-12,18H2,1-2H3,(H,31,33). The summed E-state index contributed by atoms with van der Waals surface area (Å²) in [6.07, 6.45) is 6.45. The van der Waals surface area contributed by atoms with Gasteiger partial charge in [0.1, 0.15) is 17.4 Å². The first-order valence-corrected chi connectivity index (χ1v) is 14.6. The lowest BCUT2D eigenvalue weighted by Crippen LogP contribution is -2.47. The molecular weight excluding hydrogens is 512 g/mol. The number of sulfonamides is 1. The molecule has 0 saturated carbocycles. The van der Waals surface area contributed by atoms with E-state index in [9.17, 15) is 13.7 Å². The molecular formula is C29H28N6O3S. The molecule has 0 bridgehead atoms. The molecule has 0 amide bonds. The van der Waals surface area contributed by atoms with E-state index in [-0.39, 0.29) is 0 Å². The highest BCUT2D eigenvalue weighted by atomic mass is 32.2. The number of aryl methyl sites for hydroxylation is 1. The van der Waals surface area contributed by atoms with Crippen LogP contribution in [0.25, 0.3) is 33.2 Å². The van der Waals surface area contributed by atoms with Crippen LogP contribution in [-0.2, 0) is 16.6 Å². The molecule has 0 atom stereocenters. The Morgan fingerprint density at radius 3 is 2.69 bits per heavy atom. The van der Waals surface area contributed by atoms with Gasteiger partial charge in [0.05, 0.1) is 23.1 Å². The molecule has 2 N–H and O–H groups in total. The first kappa shape index (κ1) is 25.1. The van der Waals surface area contributed by atoms with Gasteiger partial charge in [-0.25, -0.2) is 8.42 Å². The van der Waals surface area contributed by atoms with Crippen LogP contribution in [0.1, 0.15) is 16.7 Å². The third-order valence-corrected chi connectivity index (χ3v) is 8.69. The Bertz CT molecular complexity index is 1840. The van der Waals surface area contributed by atoms with Gasteiger partial charge in [-0.3, -0.25) is 9.88 Å². The van der Waals surface area contributed by atoms with Crippen molar-refractivity contribution >= 4 is 43.3 Å². The summed E-state index contributed by atoms with van der Waals surface area (Å²) in [5, 5.41) is 15.4. The molecule has 0 aliphatic carbocycles. The number of hydrogen-bond donors (Lipinski definition) is 2. The van der Waals surface area contributed by atoms with E-state index in [1.54, 1.807) is 12.4 Å². The van der Waals surface area contributed by atoms with Crippen molar-refractivity contribution < 1.29 is 12.8 Å². The molecule has 1 aliphatic heterocycles. The van der Waals surface area contributed by atoms with Crippen LogP contribution in [0.3, 0.4) is 0 Å². The summed E-state index contributed by atoms with van der Waals surface area (Å²) in [5.74, 6) is 0.622. The number of piperazine rings is 1. The minimum Gasteiger partial charge on any atom is -0.456 e. The van der Waals surface area contributed by atoms with Crippen molar-refractivity contribution in [1.29, 1.82) is 5.26 Å². The van der Waals surface area contributed by atoms with E-state index in [0.717, 1.165) is 45.2 Å². The van der Waals surface area contributed by atoms with Crippen LogP contribution in [0.5, 0.6) is 0 Å². The highest BCUT2D eigenvalue weighted by Gasteiger charge is 2.23. The lowest BCUT2D eigenvalue weighted by Gasteiger charge is -2.33. The van der Waals surface area contributed by atoms with E-state index in [1.807, 2.05) is 42.6 Å². The second kappa shape index (κ2) is 9.85. The first-order chi connectivity index (χ1) is 18.8. The summed E-state index contributed by atoms with van der Waals surface area (Å²) in [5.41, 5.74) is 6.68. The predicted octanol–water partition coefficient (Wildman–Crippen LogP) is 4.98. The molecule has 0 spiro atoms. The van der Waals surface area contributed by atoms with E-state index in [0.29, 0.717) is 48.8 Å². The van der Waals surface area contributed by atoms with Gasteiger partial charge in [0, 0.05) is 73.3 Å². The maximum atomic E-state index is 11.8. The first-order valence-electron chi connectivity index (χ1n) is 12.7. The van der Waals surface area contributed by atoms with Gasteiger partial charge in [-0.05, 0) is 54.4 Å². The smallest absolute Gasteiger partial charge is 0.211 e. The maximum Gasteiger partial charge on any atom is 0.211 e. The zero-order valence-corrected chi connectivity index (χ0v) is 22.5. The molecule has 3 aromatic heterocycles. The van der Waals surface area contributed by atoms with Crippen LogP contribution >= 0.6 is 0 Å². The van der Waals surface area contributed by atoms with Gasteiger partial charge in [0.15, 0.2) is 0 Å². The minimum atomic E-state index is -3.15. The van der Waals surface area contributed by atoms with Crippen molar-refractivity contribution in [3.05, 3.63) is 77.7 Å². The van der Waals surface area contributed by atoms with Crippen LogP contribution in [-0.4, -0.2) is 60.0 Å². The summed E-state index contributed by atoms with van der Waals surface area (Å²) in [6.45, 7) is 5.17. The number of hydrogen-bond acceptors (Lipinski definition) is 7. The lowest BCUT2D eigenvalue weighted by atomic mass is 10.1. The van der Waals surface area contributed by atoms with E-state index in [1.165, 1.54) is 10.6 Å². The minimum absolute atomic E-state index is 0.426. The van der Waals surface area contributed by atoms with E-state index >= 15 is 0 Å². The normalized spacial score (nSPS) is 15.1. The molecule has 0 radical (unpaired) electrons. The Morgan fingerprint density at radius 1 is 1.10 bits per heavy atom. The number of pyridine rings is 1. The molecule has 4 heterocycles. The summed E-state index contributed by atoms with van der Waals surface area (Å²) in [6, 6.07) is 16.4.